The van der Waals surface area contributed by atoms with Crippen molar-refractivity contribution in [3.8, 4) is 0 Å². The lowest BCUT2D eigenvalue weighted by molar-refractivity contribution is -0.291. The average Bonchev–Trinajstić information content (AvgIpc) is 2.56. The van der Waals surface area contributed by atoms with E-state index in [1.807, 2.05) is 0 Å². The zero-order chi connectivity index (χ0) is 17.9. The second kappa shape index (κ2) is 8.06. The van der Waals surface area contributed by atoms with E-state index < -0.39 is 49.0 Å². The van der Waals surface area contributed by atoms with Crippen LogP contribution in [0.2, 0.25) is 0 Å². The maximum absolute atomic E-state index is 11.4. The molecule has 132 valence electrons. The van der Waals surface area contributed by atoms with Crippen molar-refractivity contribution in [2.24, 2.45) is 0 Å². The highest BCUT2D eigenvalue weighted by molar-refractivity contribution is 9.10. The molecule has 9 heteroatoms. The molecule has 0 aliphatic carbocycles. The molecule has 0 bridgehead atoms. The number of hydrogen-bond donors (Lipinski definition) is 5. The van der Waals surface area contributed by atoms with Gasteiger partial charge in [0.2, 0.25) is 12.0 Å². The Hall–Kier alpha value is -1.49. The molecule has 1 aliphatic rings. The summed E-state index contributed by atoms with van der Waals surface area (Å²) in [5.74, 6) is -1.95. The Labute approximate surface area is 145 Å². The van der Waals surface area contributed by atoms with Crippen LogP contribution in [0.3, 0.4) is 0 Å². The van der Waals surface area contributed by atoms with Crippen LogP contribution >= 0.6 is 15.9 Å². The van der Waals surface area contributed by atoms with Crippen molar-refractivity contribution in [3.05, 3.63) is 40.1 Å². The molecule has 1 heterocycles. The molecule has 0 spiro atoms. The molecular formula is C15H17BrO8. The van der Waals surface area contributed by atoms with Crippen molar-refractivity contribution in [2.75, 3.05) is 6.61 Å². The van der Waals surface area contributed by atoms with Crippen molar-refractivity contribution in [1.29, 1.82) is 0 Å². The summed E-state index contributed by atoms with van der Waals surface area (Å²) in [6.07, 6.45) is -6.43. The first-order valence-electron chi connectivity index (χ1n) is 7.02. The molecule has 1 saturated heterocycles. The van der Waals surface area contributed by atoms with Gasteiger partial charge in [0.15, 0.2) is 0 Å². The Balaban J connectivity index is 2.24. The van der Waals surface area contributed by atoms with Gasteiger partial charge in [0.1, 0.15) is 24.4 Å². The summed E-state index contributed by atoms with van der Waals surface area (Å²) in [6.45, 7) is -0.638. The number of hydrogen-bond acceptors (Lipinski definition) is 7. The summed E-state index contributed by atoms with van der Waals surface area (Å²) in [6, 6.07) is 6.80. The third-order valence-corrected chi connectivity index (χ3v) is 4.22. The van der Waals surface area contributed by atoms with Gasteiger partial charge in [0, 0.05) is 4.47 Å². The number of rotatable bonds is 5. The van der Waals surface area contributed by atoms with E-state index in [1.165, 1.54) is 6.08 Å². The molecule has 1 fully saturated rings. The molecule has 1 aromatic carbocycles. The second-order valence-corrected chi connectivity index (χ2v) is 6.00. The third kappa shape index (κ3) is 4.12. The first kappa shape index (κ1) is 18.8. The maximum atomic E-state index is 11.4. The van der Waals surface area contributed by atoms with Crippen LogP contribution in [0.1, 0.15) is 5.56 Å². The Morgan fingerprint density at radius 2 is 1.88 bits per heavy atom. The fourth-order valence-corrected chi connectivity index (χ4v) is 2.57. The van der Waals surface area contributed by atoms with Gasteiger partial charge >= 0.3 is 5.97 Å². The van der Waals surface area contributed by atoms with Crippen molar-refractivity contribution in [3.63, 3.8) is 0 Å². The largest absolute Gasteiger partial charge is 0.475 e. The van der Waals surface area contributed by atoms with E-state index in [0.29, 0.717) is 10.0 Å². The monoisotopic (exact) mass is 404 g/mol. The molecule has 24 heavy (non-hydrogen) atoms. The summed E-state index contributed by atoms with van der Waals surface area (Å²) in [5, 5.41) is 47.7. The predicted molar refractivity (Wildman–Crippen MR) is 84.6 cm³/mol. The third-order valence-electron chi connectivity index (χ3n) is 3.49. The van der Waals surface area contributed by atoms with Crippen LogP contribution in [-0.2, 0) is 14.3 Å². The molecule has 2 rings (SSSR count). The zero-order valence-electron chi connectivity index (χ0n) is 12.3. The van der Waals surface area contributed by atoms with Crippen molar-refractivity contribution >= 4 is 28.0 Å². The lowest BCUT2D eigenvalue weighted by Crippen LogP contribution is -2.59. The molecule has 0 radical (unpaired) electrons. The highest BCUT2D eigenvalue weighted by Crippen LogP contribution is 2.25. The smallest absolute Gasteiger partial charge is 0.371 e. The van der Waals surface area contributed by atoms with Crippen molar-refractivity contribution < 1.29 is 39.8 Å². The predicted octanol–water partition coefficient (Wildman–Crippen LogP) is -0.309. The molecule has 5 N–H and O–H groups in total. The van der Waals surface area contributed by atoms with E-state index in [-0.39, 0.29) is 0 Å². The summed E-state index contributed by atoms with van der Waals surface area (Å²) in [4.78, 5) is 11.4. The minimum Gasteiger partial charge on any atom is -0.475 e. The SMILES string of the molecule is O=C(O)/C(=C/c1ccccc1Br)O[C@H]1O[C@@H](CO)[C@@H](O)[C@@H](O)[C@@H]1O. The molecule has 0 amide bonds. The lowest BCUT2D eigenvalue weighted by Gasteiger charge is -2.39. The maximum Gasteiger partial charge on any atom is 0.371 e. The van der Waals surface area contributed by atoms with Gasteiger partial charge in [0.05, 0.1) is 6.61 Å². The molecule has 5 atom stereocenters. The Morgan fingerprint density at radius 3 is 2.46 bits per heavy atom. The normalized spacial score (nSPS) is 30.9. The Bertz CT molecular complexity index is 617. The summed E-state index contributed by atoms with van der Waals surface area (Å²) in [5.41, 5.74) is 0.513. The topological polar surface area (TPSA) is 137 Å². The van der Waals surface area contributed by atoms with Crippen LogP contribution in [0, 0.1) is 0 Å². The molecular weight excluding hydrogens is 388 g/mol. The minimum atomic E-state index is -1.69. The van der Waals surface area contributed by atoms with Crippen molar-refractivity contribution in [2.45, 2.75) is 30.7 Å². The fourth-order valence-electron chi connectivity index (χ4n) is 2.17. The Kier molecular flexibility index (Phi) is 6.33. The number of benzene rings is 1. The summed E-state index contributed by atoms with van der Waals surface area (Å²) >= 11 is 3.27. The summed E-state index contributed by atoms with van der Waals surface area (Å²) in [7, 11) is 0. The number of halogens is 1. The quantitative estimate of drug-likeness (QED) is 0.333. The van der Waals surface area contributed by atoms with Gasteiger partial charge in [-0.25, -0.2) is 4.79 Å². The first-order chi connectivity index (χ1) is 11.3. The van der Waals surface area contributed by atoms with Crippen LogP contribution in [0.15, 0.2) is 34.5 Å². The average molecular weight is 405 g/mol. The van der Waals surface area contributed by atoms with Gasteiger partial charge in [-0.05, 0) is 17.7 Å². The standard InChI is InChI=1S/C15H17BrO8/c16-8-4-2-1-3-7(8)5-9(14(21)22)23-15-13(20)12(19)11(18)10(6-17)24-15/h1-5,10-13,15,17-20H,6H2,(H,21,22)/b9-5-/t10-,11+,12+,13-,15-/m0/s1. The van der Waals surface area contributed by atoms with Gasteiger partial charge in [-0.1, -0.05) is 34.1 Å². The number of aliphatic hydroxyl groups is 4. The highest BCUT2D eigenvalue weighted by Gasteiger charge is 2.45. The van der Waals surface area contributed by atoms with E-state index in [0.717, 1.165) is 0 Å². The van der Waals surface area contributed by atoms with E-state index in [9.17, 15) is 25.2 Å². The summed E-state index contributed by atoms with van der Waals surface area (Å²) < 4.78 is 10.9. The van der Waals surface area contributed by atoms with E-state index in [2.05, 4.69) is 15.9 Å². The number of carboxylic acid groups (broad SMARTS) is 1. The first-order valence-corrected chi connectivity index (χ1v) is 7.81. The van der Waals surface area contributed by atoms with Crippen LogP contribution in [-0.4, -0.2) is 68.8 Å². The van der Waals surface area contributed by atoms with Gasteiger partial charge < -0.3 is 35.0 Å². The minimum absolute atomic E-state index is 0.513. The number of aliphatic carboxylic acids is 1. The second-order valence-electron chi connectivity index (χ2n) is 5.15. The van der Waals surface area contributed by atoms with Gasteiger partial charge in [-0.3, -0.25) is 0 Å². The zero-order valence-corrected chi connectivity index (χ0v) is 13.9. The van der Waals surface area contributed by atoms with Crippen LogP contribution < -0.4 is 0 Å². The number of carboxylic acids is 1. The number of aliphatic hydroxyl groups excluding tert-OH is 4. The highest BCUT2D eigenvalue weighted by atomic mass is 79.9. The molecule has 1 aliphatic heterocycles. The van der Waals surface area contributed by atoms with E-state index in [1.54, 1.807) is 24.3 Å². The van der Waals surface area contributed by atoms with Crippen LogP contribution in [0.4, 0.5) is 0 Å². The van der Waals surface area contributed by atoms with Gasteiger partial charge in [-0.2, -0.15) is 0 Å². The van der Waals surface area contributed by atoms with Gasteiger partial charge in [-0.15, -0.1) is 0 Å². The van der Waals surface area contributed by atoms with E-state index in [4.69, 9.17) is 14.6 Å². The van der Waals surface area contributed by atoms with Crippen LogP contribution in [0.5, 0.6) is 0 Å². The van der Waals surface area contributed by atoms with Gasteiger partial charge in [0.25, 0.3) is 0 Å². The number of carbonyl (C=O) groups is 1. The molecule has 0 unspecified atom stereocenters. The Morgan fingerprint density at radius 1 is 1.21 bits per heavy atom. The molecule has 0 aromatic heterocycles. The molecule has 8 nitrogen and oxygen atoms in total. The fraction of sp³-hybridized carbons (Fsp3) is 0.400. The van der Waals surface area contributed by atoms with Crippen LogP contribution in [0.25, 0.3) is 6.08 Å². The lowest BCUT2D eigenvalue weighted by atomic mass is 9.99. The molecule has 1 aromatic rings. The number of ether oxygens (including phenoxy) is 2. The van der Waals surface area contributed by atoms with Crippen molar-refractivity contribution in [1.82, 2.24) is 0 Å². The molecule has 0 saturated carbocycles. The van der Waals surface area contributed by atoms with E-state index >= 15 is 0 Å².